The SMILES string of the molecule is CN=C(NCCCOC(C)c1ccccc1)NCCc1ccc(OC)c(OC)c1OC. The molecule has 0 amide bonds. The van der Waals surface area contributed by atoms with E-state index in [-0.39, 0.29) is 6.10 Å². The van der Waals surface area contributed by atoms with Crippen LogP contribution in [0, 0.1) is 0 Å². The predicted molar refractivity (Wildman–Crippen MR) is 125 cm³/mol. The van der Waals surface area contributed by atoms with Crippen LogP contribution in [-0.2, 0) is 11.2 Å². The fourth-order valence-electron chi connectivity index (χ4n) is 3.26. The number of nitrogens with zero attached hydrogens (tertiary/aromatic N) is 1. The van der Waals surface area contributed by atoms with Crippen LogP contribution in [0.4, 0.5) is 0 Å². The maximum atomic E-state index is 5.91. The Labute approximate surface area is 185 Å². The van der Waals surface area contributed by atoms with E-state index in [2.05, 4.69) is 34.7 Å². The van der Waals surface area contributed by atoms with Crippen molar-refractivity contribution in [1.82, 2.24) is 10.6 Å². The second-order valence-corrected chi connectivity index (χ2v) is 6.95. The maximum absolute atomic E-state index is 5.91. The summed E-state index contributed by atoms with van der Waals surface area (Å²) in [4.78, 5) is 4.28. The lowest BCUT2D eigenvalue weighted by molar-refractivity contribution is 0.0646. The van der Waals surface area contributed by atoms with Gasteiger partial charge in [-0.2, -0.15) is 0 Å². The van der Waals surface area contributed by atoms with Crippen LogP contribution in [0.3, 0.4) is 0 Å². The number of ether oxygens (including phenoxy) is 4. The molecule has 7 heteroatoms. The van der Waals surface area contributed by atoms with Crippen molar-refractivity contribution in [3.63, 3.8) is 0 Å². The van der Waals surface area contributed by atoms with Crippen molar-refractivity contribution in [2.45, 2.75) is 25.9 Å². The van der Waals surface area contributed by atoms with Crippen LogP contribution in [0.2, 0.25) is 0 Å². The van der Waals surface area contributed by atoms with E-state index in [1.54, 1.807) is 28.4 Å². The molecule has 0 bridgehead atoms. The lowest BCUT2D eigenvalue weighted by Crippen LogP contribution is -2.39. The van der Waals surface area contributed by atoms with Crippen LogP contribution in [0.5, 0.6) is 17.2 Å². The molecule has 1 unspecified atom stereocenters. The molecular weight excluding hydrogens is 394 g/mol. The number of methoxy groups -OCH3 is 3. The Bertz CT molecular complexity index is 812. The fourth-order valence-corrected chi connectivity index (χ4v) is 3.26. The van der Waals surface area contributed by atoms with Gasteiger partial charge in [0.1, 0.15) is 0 Å². The molecule has 0 fully saturated rings. The summed E-state index contributed by atoms with van der Waals surface area (Å²) >= 11 is 0. The number of nitrogens with one attached hydrogen (secondary N) is 2. The highest BCUT2D eigenvalue weighted by Crippen LogP contribution is 2.39. The number of aliphatic imine (C=N–C) groups is 1. The zero-order chi connectivity index (χ0) is 22.5. The fraction of sp³-hybridized carbons (Fsp3) is 0.458. The molecule has 2 aromatic rings. The molecule has 0 aliphatic rings. The highest BCUT2D eigenvalue weighted by Gasteiger charge is 2.15. The van der Waals surface area contributed by atoms with Crippen molar-refractivity contribution >= 4 is 5.96 Å². The van der Waals surface area contributed by atoms with E-state index in [0.29, 0.717) is 30.4 Å². The van der Waals surface area contributed by atoms with Gasteiger partial charge >= 0.3 is 0 Å². The van der Waals surface area contributed by atoms with Crippen LogP contribution < -0.4 is 24.8 Å². The molecule has 0 saturated heterocycles. The van der Waals surface area contributed by atoms with Crippen LogP contribution in [0.25, 0.3) is 0 Å². The molecule has 0 aromatic heterocycles. The number of rotatable bonds is 12. The number of hydrogen-bond acceptors (Lipinski definition) is 5. The van der Waals surface area contributed by atoms with Gasteiger partial charge < -0.3 is 29.6 Å². The molecule has 2 rings (SSSR count). The summed E-state index contributed by atoms with van der Waals surface area (Å²) in [6.45, 7) is 4.24. The highest BCUT2D eigenvalue weighted by atomic mass is 16.5. The first kappa shape index (κ1) is 24.3. The lowest BCUT2D eigenvalue weighted by atomic mass is 10.1. The quantitative estimate of drug-likeness (QED) is 0.305. The smallest absolute Gasteiger partial charge is 0.203 e. The molecule has 0 spiro atoms. The average molecular weight is 430 g/mol. The second kappa shape index (κ2) is 13.4. The van der Waals surface area contributed by atoms with Gasteiger partial charge in [0.15, 0.2) is 17.5 Å². The Morgan fingerprint density at radius 1 is 0.903 bits per heavy atom. The summed E-state index contributed by atoms with van der Waals surface area (Å²) in [7, 11) is 6.62. The average Bonchev–Trinajstić information content (AvgIpc) is 2.82. The molecule has 0 aliphatic carbocycles. The zero-order valence-corrected chi connectivity index (χ0v) is 19.2. The zero-order valence-electron chi connectivity index (χ0n) is 19.2. The number of benzene rings is 2. The van der Waals surface area contributed by atoms with Crippen LogP contribution in [0.1, 0.15) is 30.6 Å². The van der Waals surface area contributed by atoms with E-state index in [9.17, 15) is 0 Å². The molecule has 0 aliphatic heterocycles. The molecule has 7 nitrogen and oxygen atoms in total. The maximum Gasteiger partial charge on any atom is 0.203 e. The van der Waals surface area contributed by atoms with Crippen molar-refractivity contribution in [3.05, 3.63) is 53.6 Å². The van der Waals surface area contributed by atoms with Crippen LogP contribution in [-0.4, -0.2) is 54.0 Å². The van der Waals surface area contributed by atoms with Gasteiger partial charge in [-0.3, -0.25) is 4.99 Å². The van der Waals surface area contributed by atoms with Gasteiger partial charge in [0.25, 0.3) is 0 Å². The molecule has 1 atom stereocenters. The molecule has 31 heavy (non-hydrogen) atoms. The second-order valence-electron chi connectivity index (χ2n) is 6.95. The molecule has 0 radical (unpaired) electrons. The van der Waals surface area contributed by atoms with Gasteiger partial charge in [0, 0.05) is 32.3 Å². The van der Waals surface area contributed by atoms with Gasteiger partial charge in [0.2, 0.25) is 5.75 Å². The monoisotopic (exact) mass is 429 g/mol. The minimum absolute atomic E-state index is 0.0927. The Hall–Kier alpha value is -2.93. The third kappa shape index (κ3) is 7.36. The van der Waals surface area contributed by atoms with E-state index in [1.165, 1.54) is 5.56 Å². The van der Waals surface area contributed by atoms with Crippen molar-refractivity contribution in [1.29, 1.82) is 0 Å². The lowest BCUT2D eigenvalue weighted by Gasteiger charge is -2.17. The Morgan fingerprint density at radius 3 is 2.26 bits per heavy atom. The molecular formula is C24H35N3O4. The number of hydrogen-bond donors (Lipinski definition) is 2. The molecule has 2 aromatic carbocycles. The molecule has 0 saturated carbocycles. The minimum atomic E-state index is 0.0927. The Kier molecular flexibility index (Phi) is 10.5. The van der Waals surface area contributed by atoms with Crippen molar-refractivity contribution < 1.29 is 18.9 Å². The third-order valence-electron chi connectivity index (χ3n) is 4.95. The summed E-state index contributed by atoms with van der Waals surface area (Å²) in [6, 6.07) is 14.1. The standard InChI is InChI=1S/C24H35N3O4/c1-18(19-10-7-6-8-11-19)31-17-9-15-26-24(25-2)27-16-14-20-12-13-21(28-3)23(30-5)22(20)29-4/h6-8,10-13,18H,9,14-17H2,1-5H3,(H2,25,26,27). The van der Waals surface area contributed by atoms with E-state index in [0.717, 1.165) is 30.9 Å². The minimum Gasteiger partial charge on any atom is -0.493 e. The first-order chi connectivity index (χ1) is 15.1. The van der Waals surface area contributed by atoms with Crippen LogP contribution in [0.15, 0.2) is 47.5 Å². The first-order valence-electron chi connectivity index (χ1n) is 10.5. The van der Waals surface area contributed by atoms with Gasteiger partial charge in [-0.15, -0.1) is 0 Å². The molecule has 170 valence electrons. The largest absolute Gasteiger partial charge is 0.493 e. The van der Waals surface area contributed by atoms with Crippen LogP contribution >= 0.6 is 0 Å². The van der Waals surface area contributed by atoms with Gasteiger partial charge in [-0.1, -0.05) is 36.4 Å². The summed E-state index contributed by atoms with van der Waals surface area (Å²) < 4.78 is 22.2. The summed E-state index contributed by atoms with van der Waals surface area (Å²) in [5, 5.41) is 6.65. The van der Waals surface area contributed by atoms with Crippen molar-refractivity contribution in [2.75, 3.05) is 48.1 Å². The predicted octanol–water partition coefficient (Wildman–Crippen LogP) is 3.59. The highest BCUT2D eigenvalue weighted by molar-refractivity contribution is 5.79. The number of guanidine groups is 1. The van der Waals surface area contributed by atoms with E-state index in [1.807, 2.05) is 30.3 Å². The van der Waals surface area contributed by atoms with E-state index < -0.39 is 0 Å². The summed E-state index contributed by atoms with van der Waals surface area (Å²) in [5.74, 6) is 2.71. The first-order valence-corrected chi connectivity index (χ1v) is 10.5. The van der Waals surface area contributed by atoms with Crippen molar-refractivity contribution in [2.24, 2.45) is 4.99 Å². The van der Waals surface area contributed by atoms with Gasteiger partial charge in [0.05, 0.1) is 27.4 Å². The molecule has 0 heterocycles. The van der Waals surface area contributed by atoms with E-state index >= 15 is 0 Å². The Balaban J connectivity index is 1.73. The topological polar surface area (TPSA) is 73.3 Å². The van der Waals surface area contributed by atoms with Gasteiger partial charge in [-0.05, 0) is 31.4 Å². The Morgan fingerprint density at radius 2 is 1.61 bits per heavy atom. The summed E-state index contributed by atoms with van der Waals surface area (Å²) in [6.07, 6.45) is 1.73. The third-order valence-corrected chi connectivity index (χ3v) is 4.95. The van der Waals surface area contributed by atoms with E-state index in [4.69, 9.17) is 18.9 Å². The normalized spacial score (nSPS) is 12.2. The van der Waals surface area contributed by atoms with Crippen molar-refractivity contribution in [3.8, 4) is 17.2 Å². The molecule has 2 N–H and O–H groups in total. The summed E-state index contributed by atoms with van der Waals surface area (Å²) in [5.41, 5.74) is 2.23. The van der Waals surface area contributed by atoms with Gasteiger partial charge in [-0.25, -0.2) is 0 Å².